The number of anilines is 6. The molecule has 6 aromatic rings. The lowest BCUT2D eigenvalue weighted by Crippen LogP contribution is -2.60. The number of rotatable bonds is 2. The van der Waals surface area contributed by atoms with Crippen LogP contribution in [0.3, 0.4) is 0 Å². The molecule has 5 aromatic carbocycles. The Morgan fingerprint density at radius 2 is 1.28 bits per heavy atom. The standard InChI is InChI=1S/C36H21BN4S2/c38-22-23-13-15-24(16-14-23)40-29-10-4-6-12-32(29)43-36-30(40)21-33-34-35(36)41(25-17-19-39-20-18-25)28-9-3-1-7-26(28)37(34)27-8-2-5-11-31(27)42-33/h1-21H. The molecule has 0 saturated carbocycles. The number of aromatic nitrogens is 1. The molecule has 0 N–H and O–H groups in total. The molecule has 1 aromatic heterocycles. The molecule has 0 unspecified atom stereocenters. The quantitative estimate of drug-likeness (QED) is 0.195. The number of benzene rings is 5. The second kappa shape index (κ2) is 9.57. The molecule has 0 bridgehead atoms. The smallest absolute Gasteiger partial charge is 0.249 e. The molecule has 4 heterocycles. The highest BCUT2D eigenvalue weighted by Crippen LogP contribution is 2.57. The zero-order valence-corrected chi connectivity index (χ0v) is 24.4. The molecular weight excluding hydrogens is 563 g/mol. The first-order valence-electron chi connectivity index (χ1n) is 14.1. The maximum Gasteiger partial charge on any atom is 0.249 e. The third kappa shape index (κ3) is 3.64. The Kier molecular flexibility index (Phi) is 5.49. The lowest BCUT2D eigenvalue weighted by molar-refractivity contribution is 1.12. The van der Waals surface area contributed by atoms with E-state index < -0.39 is 0 Å². The van der Waals surface area contributed by atoms with Crippen molar-refractivity contribution in [3.63, 3.8) is 0 Å². The van der Waals surface area contributed by atoms with Crippen LogP contribution in [0.5, 0.6) is 0 Å². The maximum absolute atomic E-state index is 9.50. The monoisotopic (exact) mass is 584 g/mol. The van der Waals surface area contributed by atoms with Crippen molar-refractivity contribution in [3.8, 4) is 6.07 Å². The second-order valence-electron chi connectivity index (χ2n) is 10.7. The average molecular weight is 585 g/mol. The molecule has 0 saturated heterocycles. The van der Waals surface area contributed by atoms with Crippen molar-refractivity contribution in [2.45, 2.75) is 19.6 Å². The van der Waals surface area contributed by atoms with E-state index in [1.807, 2.05) is 48.1 Å². The van der Waals surface area contributed by atoms with E-state index in [0.717, 1.165) is 22.7 Å². The summed E-state index contributed by atoms with van der Waals surface area (Å²) in [4.78, 5) is 14.1. The van der Waals surface area contributed by atoms with Crippen LogP contribution in [0.15, 0.2) is 147 Å². The van der Waals surface area contributed by atoms with E-state index in [9.17, 15) is 5.26 Å². The molecule has 9 rings (SSSR count). The molecule has 0 radical (unpaired) electrons. The lowest BCUT2D eigenvalue weighted by atomic mass is 9.35. The van der Waals surface area contributed by atoms with Crippen LogP contribution in [-0.2, 0) is 0 Å². The summed E-state index contributed by atoms with van der Waals surface area (Å²) in [6, 6.07) is 43.1. The first-order chi connectivity index (χ1) is 21.3. The summed E-state index contributed by atoms with van der Waals surface area (Å²) < 4.78 is 0. The van der Waals surface area contributed by atoms with Crippen molar-refractivity contribution in [1.82, 2.24) is 4.98 Å². The van der Waals surface area contributed by atoms with E-state index in [-0.39, 0.29) is 6.71 Å². The number of fused-ring (bicyclic) bond motifs is 7. The Hall–Kier alpha value is -4.90. The SMILES string of the molecule is N#Cc1ccc(N2c3ccccc3Sc3c2cc2c4c3N(c3ccncc3)c3ccccc3B4c3ccccc3S2)cc1. The van der Waals surface area contributed by atoms with Gasteiger partial charge >= 0.3 is 0 Å². The second-order valence-corrected chi connectivity index (χ2v) is 12.9. The predicted molar refractivity (Wildman–Crippen MR) is 178 cm³/mol. The van der Waals surface area contributed by atoms with Gasteiger partial charge in [0.15, 0.2) is 0 Å². The summed E-state index contributed by atoms with van der Waals surface area (Å²) in [7, 11) is 0. The normalized spacial score (nSPS) is 13.7. The Labute approximate surface area is 258 Å². The number of hydrogen-bond acceptors (Lipinski definition) is 6. The number of para-hydroxylation sites is 2. The highest BCUT2D eigenvalue weighted by atomic mass is 32.2. The van der Waals surface area contributed by atoms with Crippen LogP contribution < -0.4 is 26.2 Å². The fourth-order valence-corrected chi connectivity index (χ4v) is 9.00. The van der Waals surface area contributed by atoms with Crippen LogP contribution in [0, 0.1) is 11.3 Å². The van der Waals surface area contributed by atoms with Crippen LogP contribution in [0.1, 0.15) is 5.56 Å². The molecule has 7 heteroatoms. The summed E-state index contributed by atoms with van der Waals surface area (Å²) in [6.07, 6.45) is 3.75. The van der Waals surface area contributed by atoms with E-state index >= 15 is 0 Å². The minimum absolute atomic E-state index is 0.128. The molecule has 3 aliphatic rings. The topological polar surface area (TPSA) is 43.2 Å². The minimum Gasteiger partial charge on any atom is -0.310 e. The van der Waals surface area contributed by atoms with Crippen molar-refractivity contribution in [3.05, 3.63) is 133 Å². The van der Waals surface area contributed by atoms with Crippen molar-refractivity contribution in [1.29, 1.82) is 5.26 Å². The van der Waals surface area contributed by atoms with Crippen LogP contribution in [0.4, 0.5) is 34.1 Å². The molecule has 3 aliphatic heterocycles. The van der Waals surface area contributed by atoms with Gasteiger partial charge in [0.2, 0.25) is 6.71 Å². The van der Waals surface area contributed by atoms with Gasteiger partial charge in [-0.1, -0.05) is 77.5 Å². The first-order valence-corrected chi connectivity index (χ1v) is 15.8. The highest BCUT2D eigenvalue weighted by Gasteiger charge is 2.44. The number of pyridine rings is 1. The van der Waals surface area contributed by atoms with E-state index in [2.05, 4.69) is 124 Å². The van der Waals surface area contributed by atoms with Gasteiger partial charge in [-0.05, 0) is 77.7 Å². The Morgan fingerprint density at radius 1 is 0.605 bits per heavy atom. The average Bonchev–Trinajstić information content (AvgIpc) is 3.07. The molecule has 0 aliphatic carbocycles. The van der Waals surface area contributed by atoms with Gasteiger partial charge in [-0.2, -0.15) is 5.26 Å². The van der Waals surface area contributed by atoms with Crippen LogP contribution in [0.2, 0.25) is 0 Å². The summed E-state index contributed by atoms with van der Waals surface area (Å²) in [5.41, 5.74) is 11.5. The van der Waals surface area contributed by atoms with Gasteiger partial charge in [0.25, 0.3) is 0 Å². The van der Waals surface area contributed by atoms with Crippen molar-refractivity contribution in [2.75, 3.05) is 9.80 Å². The fraction of sp³-hybridized carbons (Fsp3) is 0. The fourth-order valence-electron chi connectivity index (χ4n) is 6.64. The Balaban J connectivity index is 1.40. The van der Waals surface area contributed by atoms with Crippen molar-refractivity contribution >= 4 is 80.7 Å². The summed E-state index contributed by atoms with van der Waals surface area (Å²) in [5, 5.41) is 9.50. The van der Waals surface area contributed by atoms with E-state index in [1.165, 1.54) is 47.3 Å². The first kappa shape index (κ1) is 24.7. The Morgan fingerprint density at radius 3 is 2.07 bits per heavy atom. The molecule has 0 atom stereocenters. The molecule has 0 fully saturated rings. The minimum atomic E-state index is 0.128. The molecule has 0 amide bonds. The number of nitriles is 1. The lowest BCUT2D eigenvalue weighted by Gasteiger charge is -2.44. The maximum atomic E-state index is 9.50. The summed E-state index contributed by atoms with van der Waals surface area (Å²) in [6.45, 7) is 0.128. The van der Waals surface area contributed by atoms with Gasteiger partial charge in [-0.3, -0.25) is 4.98 Å². The molecule has 200 valence electrons. The largest absolute Gasteiger partial charge is 0.310 e. The number of hydrogen-bond donors (Lipinski definition) is 0. The third-order valence-corrected chi connectivity index (χ3v) is 10.7. The predicted octanol–water partition coefficient (Wildman–Crippen LogP) is 7.65. The van der Waals surface area contributed by atoms with Crippen molar-refractivity contribution < 1.29 is 0 Å². The van der Waals surface area contributed by atoms with E-state index in [4.69, 9.17) is 0 Å². The number of nitrogens with zero attached hydrogens (tertiary/aromatic N) is 4. The summed E-state index contributed by atoms with van der Waals surface area (Å²) in [5.74, 6) is 0. The molecule has 4 nitrogen and oxygen atoms in total. The van der Waals surface area contributed by atoms with Crippen molar-refractivity contribution in [2.24, 2.45) is 0 Å². The van der Waals surface area contributed by atoms with E-state index in [0.29, 0.717) is 5.56 Å². The van der Waals surface area contributed by atoms with Crippen LogP contribution in [0.25, 0.3) is 0 Å². The molecular formula is C36H21BN4S2. The van der Waals surface area contributed by atoms with Gasteiger partial charge in [0.05, 0.1) is 33.6 Å². The van der Waals surface area contributed by atoms with Gasteiger partial charge in [-0.25, -0.2) is 0 Å². The van der Waals surface area contributed by atoms with Crippen LogP contribution >= 0.6 is 23.5 Å². The van der Waals surface area contributed by atoms with Gasteiger partial charge in [0.1, 0.15) is 0 Å². The molecule has 0 spiro atoms. The molecule has 43 heavy (non-hydrogen) atoms. The Bertz CT molecular complexity index is 2130. The zero-order valence-electron chi connectivity index (χ0n) is 22.8. The van der Waals surface area contributed by atoms with E-state index in [1.54, 1.807) is 0 Å². The summed E-state index contributed by atoms with van der Waals surface area (Å²) >= 11 is 3.70. The highest BCUT2D eigenvalue weighted by molar-refractivity contribution is 8.00. The van der Waals surface area contributed by atoms with Gasteiger partial charge in [0, 0.05) is 44.1 Å². The van der Waals surface area contributed by atoms with Gasteiger partial charge in [-0.15, -0.1) is 0 Å². The van der Waals surface area contributed by atoms with Crippen LogP contribution in [-0.4, -0.2) is 11.7 Å². The third-order valence-electron chi connectivity index (χ3n) is 8.42. The zero-order chi connectivity index (χ0) is 28.5. The van der Waals surface area contributed by atoms with Gasteiger partial charge < -0.3 is 9.80 Å².